The number of piperidine rings is 1. The van der Waals surface area contributed by atoms with Gasteiger partial charge in [0.2, 0.25) is 11.8 Å². The second-order valence-electron chi connectivity index (χ2n) is 7.15. The number of hydrogen-bond donors (Lipinski definition) is 1. The third kappa shape index (κ3) is 2.93. The van der Waals surface area contributed by atoms with Crippen molar-refractivity contribution < 1.29 is 18.8 Å². The fourth-order valence-corrected chi connectivity index (χ4v) is 3.78. The van der Waals surface area contributed by atoms with Crippen LogP contribution in [0.25, 0.3) is 16.9 Å². The number of fused-ring (bicyclic) bond motifs is 1. The first-order chi connectivity index (χ1) is 14.5. The van der Waals surface area contributed by atoms with Crippen LogP contribution in [0.2, 0.25) is 0 Å². The predicted octanol–water partition coefficient (Wildman–Crippen LogP) is 1.23. The summed E-state index contributed by atoms with van der Waals surface area (Å²) in [7, 11) is 0. The Hall–Kier alpha value is -3.95. The van der Waals surface area contributed by atoms with Gasteiger partial charge in [0.25, 0.3) is 5.91 Å². The van der Waals surface area contributed by atoms with Crippen molar-refractivity contribution in [3.8, 4) is 16.9 Å². The Bertz CT molecular complexity index is 1210. The van der Waals surface area contributed by atoms with E-state index in [1.165, 1.54) is 21.8 Å². The number of hydrogen-bond acceptors (Lipinski definition) is 6. The van der Waals surface area contributed by atoms with E-state index in [2.05, 4.69) is 20.6 Å². The molecule has 5 rings (SSSR count). The van der Waals surface area contributed by atoms with E-state index in [4.69, 9.17) is 0 Å². The molecule has 10 heteroatoms. The Kier molecular flexibility index (Phi) is 4.12. The molecule has 30 heavy (non-hydrogen) atoms. The molecule has 1 fully saturated rings. The van der Waals surface area contributed by atoms with Crippen LogP contribution in [0, 0.1) is 5.82 Å². The van der Waals surface area contributed by atoms with Crippen molar-refractivity contribution in [1.82, 2.24) is 30.2 Å². The van der Waals surface area contributed by atoms with Gasteiger partial charge in [0.1, 0.15) is 11.7 Å². The number of amides is 3. The standard InChI is InChI=1S/C20H15FN6O3/c21-15-8-22-6-5-13(15)16-10-27(25-24-16)12-2-1-11-9-26(20(30)14(11)7-12)17-3-4-18(28)23-19(17)29/h1-2,5-8,10,17H,3-4,9H2,(H,23,28,29). The molecule has 4 heterocycles. The topological polar surface area (TPSA) is 110 Å². The zero-order valence-electron chi connectivity index (χ0n) is 15.6. The van der Waals surface area contributed by atoms with Crippen LogP contribution in [0.3, 0.4) is 0 Å². The van der Waals surface area contributed by atoms with Crippen molar-refractivity contribution in [2.75, 3.05) is 0 Å². The van der Waals surface area contributed by atoms with Crippen molar-refractivity contribution in [3.63, 3.8) is 0 Å². The number of halogens is 1. The van der Waals surface area contributed by atoms with Gasteiger partial charge in [-0.3, -0.25) is 24.7 Å². The van der Waals surface area contributed by atoms with E-state index in [9.17, 15) is 18.8 Å². The third-order valence-corrected chi connectivity index (χ3v) is 5.32. The summed E-state index contributed by atoms with van der Waals surface area (Å²) in [6.45, 7) is 0.297. The maximum atomic E-state index is 14.0. The summed E-state index contributed by atoms with van der Waals surface area (Å²) in [5.74, 6) is -1.56. The van der Waals surface area contributed by atoms with Crippen molar-refractivity contribution >= 4 is 17.7 Å². The summed E-state index contributed by atoms with van der Waals surface area (Å²) in [5.41, 5.74) is 2.45. The molecule has 1 atom stereocenters. The molecule has 150 valence electrons. The molecular formula is C20H15FN6O3. The Morgan fingerprint density at radius 1 is 1.13 bits per heavy atom. The van der Waals surface area contributed by atoms with Gasteiger partial charge < -0.3 is 4.90 Å². The Balaban J connectivity index is 1.43. The largest absolute Gasteiger partial charge is 0.322 e. The molecule has 1 aromatic carbocycles. The summed E-state index contributed by atoms with van der Waals surface area (Å²) in [5, 5.41) is 10.3. The smallest absolute Gasteiger partial charge is 0.255 e. The molecule has 2 aliphatic heterocycles. The minimum atomic E-state index is -0.668. The molecule has 0 bridgehead atoms. The van der Waals surface area contributed by atoms with Crippen LogP contribution < -0.4 is 5.32 Å². The lowest BCUT2D eigenvalue weighted by Gasteiger charge is -2.29. The minimum Gasteiger partial charge on any atom is -0.322 e. The van der Waals surface area contributed by atoms with Gasteiger partial charge in [0.15, 0.2) is 5.82 Å². The molecule has 0 spiro atoms. The van der Waals surface area contributed by atoms with Crippen LogP contribution in [0.4, 0.5) is 4.39 Å². The van der Waals surface area contributed by atoms with Crippen molar-refractivity contribution in [1.29, 1.82) is 0 Å². The van der Waals surface area contributed by atoms with Crippen LogP contribution in [0.15, 0.2) is 42.9 Å². The molecule has 2 aromatic heterocycles. The Morgan fingerprint density at radius 3 is 2.80 bits per heavy atom. The summed E-state index contributed by atoms with van der Waals surface area (Å²) >= 11 is 0. The van der Waals surface area contributed by atoms with E-state index >= 15 is 0 Å². The third-order valence-electron chi connectivity index (χ3n) is 5.32. The first-order valence-corrected chi connectivity index (χ1v) is 9.31. The van der Waals surface area contributed by atoms with Gasteiger partial charge in [-0.05, 0) is 30.2 Å². The number of carbonyl (C=O) groups excluding carboxylic acids is 3. The second-order valence-corrected chi connectivity index (χ2v) is 7.15. The monoisotopic (exact) mass is 406 g/mol. The van der Waals surface area contributed by atoms with Crippen LogP contribution in [0.1, 0.15) is 28.8 Å². The highest BCUT2D eigenvalue weighted by atomic mass is 19.1. The molecule has 0 saturated carbocycles. The van der Waals surface area contributed by atoms with Crippen LogP contribution in [-0.2, 0) is 16.1 Å². The number of pyridine rings is 1. The first kappa shape index (κ1) is 18.1. The highest BCUT2D eigenvalue weighted by molar-refractivity contribution is 6.05. The summed E-state index contributed by atoms with van der Waals surface area (Å²) in [6, 6.07) is 6.09. The van der Waals surface area contributed by atoms with Gasteiger partial charge in [-0.25, -0.2) is 9.07 Å². The molecule has 3 aromatic rings. The number of rotatable bonds is 3. The lowest BCUT2D eigenvalue weighted by Crippen LogP contribution is -2.52. The normalized spacial score (nSPS) is 18.5. The summed E-state index contributed by atoms with van der Waals surface area (Å²) < 4.78 is 15.4. The van der Waals surface area contributed by atoms with E-state index in [1.54, 1.807) is 24.4 Å². The van der Waals surface area contributed by atoms with E-state index in [0.717, 1.165) is 11.8 Å². The quantitative estimate of drug-likeness (QED) is 0.655. The molecule has 1 unspecified atom stereocenters. The van der Waals surface area contributed by atoms with Gasteiger partial charge >= 0.3 is 0 Å². The molecule has 3 amide bonds. The predicted molar refractivity (Wildman–Crippen MR) is 101 cm³/mol. The van der Waals surface area contributed by atoms with E-state index < -0.39 is 17.8 Å². The maximum Gasteiger partial charge on any atom is 0.255 e. The van der Waals surface area contributed by atoms with Gasteiger partial charge in [-0.15, -0.1) is 5.10 Å². The summed E-state index contributed by atoms with van der Waals surface area (Å²) in [4.78, 5) is 41.7. The Labute approximate surface area is 169 Å². The fraction of sp³-hybridized carbons (Fsp3) is 0.200. The molecule has 0 aliphatic carbocycles. The fourth-order valence-electron chi connectivity index (χ4n) is 3.78. The van der Waals surface area contributed by atoms with Gasteiger partial charge in [-0.2, -0.15) is 0 Å². The minimum absolute atomic E-state index is 0.203. The van der Waals surface area contributed by atoms with Gasteiger partial charge in [-0.1, -0.05) is 11.3 Å². The molecule has 0 radical (unpaired) electrons. The first-order valence-electron chi connectivity index (χ1n) is 9.31. The highest BCUT2D eigenvalue weighted by Gasteiger charge is 2.39. The van der Waals surface area contributed by atoms with Crippen molar-refractivity contribution in [2.24, 2.45) is 0 Å². The highest BCUT2D eigenvalue weighted by Crippen LogP contribution is 2.29. The second kappa shape index (κ2) is 6.83. The number of carbonyl (C=O) groups is 3. The Morgan fingerprint density at radius 2 is 2.00 bits per heavy atom. The number of aromatic nitrogens is 4. The lowest BCUT2D eigenvalue weighted by atomic mass is 10.0. The van der Waals surface area contributed by atoms with Gasteiger partial charge in [0, 0.05) is 30.3 Å². The zero-order chi connectivity index (χ0) is 20.8. The molecule has 9 nitrogen and oxygen atoms in total. The number of benzene rings is 1. The average Bonchev–Trinajstić information content (AvgIpc) is 3.34. The van der Waals surface area contributed by atoms with Crippen molar-refractivity contribution in [3.05, 3.63) is 59.8 Å². The van der Waals surface area contributed by atoms with Crippen LogP contribution >= 0.6 is 0 Å². The molecule has 1 N–H and O–H groups in total. The summed E-state index contributed by atoms with van der Waals surface area (Å²) in [6.07, 6.45) is 4.65. The van der Waals surface area contributed by atoms with E-state index in [-0.39, 0.29) is 23.8 Å². The number of imide groups is 1. The maximum absolute atomic E-state index is 14.0. The van der Waals surface area contributed by atoms with Crippen LogP contribution in [0.5, 0.6) is 0 Å². The van der Waals surface area contributed by atoms with Crippen LogP contribution in [-0.4, -0.2) is 48.6 Å². The molecule has 2 aliphatic rings. The van der Waals surface area contributed by atoms with E-state index in [1.807, 2.05) is 0 Å². The average molecular weight is 406 g/mol. The van der Waals surface area contributed by atoms with E-state index in [0.29, 0.717) is 29.9 Å². The van der Waals surface area contributed by atoms with Crippen molar-refractivity contribution in [2.45, 2.75) is 25.4 Å². The SMILES string of the molecule is O=C1CCC(N2Cc3ccc(-n4cc(-c5ccncc5F)nn4)cc3C2=O)C(=O)N1. The zero-order valence-corrected chi connectivity index (χ0v) is 15.6. The molecular weight excluding hydrogens is 391 g/mol. The number of nitrogens with one attached hydrogen (secondary N) is 1. The van der Waals surface area contributed by atoms with Gasteiger partial charge in [0.05, 0.1) is 18.1 Å². The number of nitrogens with zero attached hydrogens (tertiary/aromatic N) is 5. The lowest BCUT2D eigenvalue weighted by molar-refractivity contribution is -0.136. The molecule has 1 saturated heterocycles.